The SMILES string of the molecule is CCOC(=O)[C@]1(c2ccc(F)cc2)CCC[C@@H](C)C1. The van der Waals surface area contributed by atoms with Gasteiger partial charge in [0, 0.05) is 0 Å². The molecule has 0 bridgehead atoms. The Labute approximate surface area is 114 Å². The second-order valence-electron chi connectivity index (χ2n) is 5.51. The van der Waals surface area contributed by atoms with Crippen LogP contribution in [0.1, 0.15) is 45.1 Å². The monoisotopic (exact) mass is 264 g/mol. The van der Waals surface area contributed by atoms with Gasteiger partial charge in [-0.15, -0.1) is 0 Å². The number of rotatable bonds is 3. The number of hydrogen-bond acceptors (Lipinski definition) is 2. The van der Waals surface area contributed by atoms with Crippen molar-refractivity contribution in [1.82, 2.24) is 0 Å². The average molecular weight is 264 g/mol. The van der Waals surface area contributed by atoms with Gasteiger partial charge in [-0.2, -0.15) is 0 Å². The van der Waals surface area contributed by atoms with Crippen molar-refractivity contribution >= 4 is 5.97 Å². The molecule has 2 nitrogen and oxygen atoms in total. The van der Waals surface area contributed by atoms with E-state index in [2.05, 4.69) is 6.92 Å². The molecule has 3 heteroatoms. The molecule has 1 aromatic carbocycles. The van der Waals surface area contributed by atoms with E-state index in [0.29, 0.717) is 12.5 Å². The van der Waals surface area contributed by atoms with Crippen molar-refractivity contribution in [3.63, 3.8) is 0 Å². The van der Waals surface area contributed by atoms with E-state index in [-0.39, 0.29) is 11.8 Å². The predicted molar refractivity (Wildman–Crippen MR) is 72.3 cm³/mol. The van der Waals surface area contributed by atoms with Crippen LogP contribution in [0.25, 0.3) is 0 Å². The Morgan fingerprint density at radius 1 is 1.42 bits per heavy atom. The fourth-order valence-corrected chi connectivity index (χ4v) is 3.15. The average Bonchev–Trinajstić information content (AvgIpc) is 2.39. The van der Waals surface area contributed by atoms with Crippen LogP contribution in [-0.2, 0) is 14.9 Å². The molecule has 1 aliphatic carbocycles. The molecule has 0 saturated heterocycles. The number of hydrogen-bond donors (Lipinski definition) is 0. The molecule has 1 aromatic rings. The smallest absolute Gasteiger partial charge is 0.316 e. The van der Waals surface area contributed by atoms with E-state index in [1.807, 2.05) is 6.92 Å². The van der Waals surface area contributed by atoms with Crippen LogP contribution in [0.5, 0.6) is 0 Å². The Morgan fingerprint density at radius 2 is 2.11 bits per heavy atom. The first kappa shape index (κ1) is 14.0. The lowest BCUT2D eigenvalue weighted by molar-refractivity contribution is -0.152. The van der Waals surface area contributed by atoms with Crippen LogP contribution in [0.2, 0.25) is 0 Å². The first-order valence-corrected chi connectivity index (χ1v) is 7.02. The summed E-state index contributed by atoms with van der Waals surface area (Å²) < 4.78 is 18.4. The molecule has 0 radical (unpaired) electrons. The van der Waals surface area contributed by atoms with Gasteiger partial charge in [-0.3, -0.25) is 4.79 Å². The van der Waals surface area contributed by atoms with Crippen LogP contribution >= 0.6 is 0 Å². The third-order valence-corrected chi connectivity index (χ3v) is 4.06. The highest BCUT2D eigenvalue weighted by Gasteiger charge is 2.44. The van der Waals surface area contributed by atoms with E-state index >= 15 is 0 Å². The zero-order valence-corrected chi connectivity index (χ0v) is 11.6. The number of carbonyl (C=O) groups excluding carboxylic acids is 1. The molecule has 104 valence electrons. The van der Waals surface area contributed by atoms with E-state index in [9.17, 15) is 9.18 Å². The summed E-state index contributed by atoms with van der Waals surface area (Å²) in [6.45, 7) is 4.37. The van der Waals surface area contributed by atoms with Crippen LogP contribution < -0.4 is 0 Å². The molecule has 1 saturated carbocycles. The first-order chi connectivity index (χ1) is 9.08. The van der Waals surface area contributed by atoms with Gasteiger partial charge in [0.2, 0.25) is 0 Å². The first-order valence-electron chi connectivity index (χ1n) is 7.02. The Hall–Kier alpha value is -1.38. The molecule has 0 aromatic heterocycles. The minimum absolute atomic E-state index is 0.159. The second-order valence-corrected chi connectivity index (χ2v) is 5.51. The summed E-state index contributed by atoms with van der Waals surface area (Å²) in [5.74, 6) is 0.0583. The van der Waals surface area contributed by atoms with Crippen LogP contribution in [0, 0.1) is 11.7 Å². The maximum atomic E-state index is 13.1. The van der Waals surface area contributed by atoms with Crippen molar-refractivity contribution in [2.75, 3.05) is 6.61 Å². The maximum Gasteiger partial charge on any atom is 0.316 e. The van der Waals surface area contributed by atoms with Gasteiger partial charge in [0.05, 0.1) is 12.0 Å². The van der Waals surface area contributed by atoms with Gasteiger partial charge in [-0.05, 0) is 43.4 Å². The molecule has 0 unspecified atom stereocenters. The molecule has 2 rings (SSSR count). The molecular weight excluding hydrogens is 243 g/mol. The van der Waals surface area contributed by atoms with E-state index in [1.165, 1.54) is 12.1 Å². The minimum atomic E-state index is -0.582. The van der Waals surface area contributed by atoms with Crippen LogP contribution in [0.15, 0.2) is 24.3 Å². The van der Waals surface area contributed by atoms with Crippen LogP contribution in [0.4, 0.5) is 4.39 Å². The lowest BCUT2D eigenvalue weighted by atomic mass is 9.66. The van der Waals surface area contributed by atoms with Crippen molar-refractivity contribution in [3.8, 4) is 0 Å². The number of esters is 1. The van der Waals surface area contributed by atoms with Gasteiger partial charge in [-0.1, -0.05) is 31.9 Å². The third-order valence-electron chi connectivity index (χ3n) is 4.06. The highest BCUT2D eigenvalue weighted by atomic mass is 19.1. The third kappa shape index (κ3) is 2.80. The van der Waals surface area contributed by atoms with Gasteiger partial charge < -0.3 is 4.74 Å². The van der Waals surface area contributed by atoms with Gasteiger partial charge in [0.1, 0.15) is 5.82 Å². The molecule has 1 aliphatic rings. The van der Waals surface area contributed by atoms with Crippen molar-refractivity contribution in [2.24, 2.45) is 5.92 Å². The molecule has 0 amide bonds. The Bertz CT molecular complexity index is 441. The largest absolute Gasteiger partial charge is 0.465 e. The summed E-state index contributed by atoms with van der Waals surface area (Å²) in [6.07, 6.45) is 3.74. The fourth-order valence-electron chi connectivity index (χ4n) is 3.15. The summed E-state index contributed by atoms with van der Waals surface area (Å²) in [5.41, 5.74) is 0.306. The molecule has 19 heavy (non-hydrogen) atoms. The number of ether oxygens (including phenoxy) is 1. The van der Waals surface area contributed by atoms with Gasteiger partial charge in [-0.25, -0.2) is 4.39 Å². The van der Waals surface area contributed by atoms with Gasteiger partial charge in [0.15, 0.2) is 0 Å². The molecule has 0 heterocycles. The zero-order valence-electron chi connectivity index (χ0n) is 11.6. The normalized spacial score (nSPS) is 27.0. The molecule has 1 fully saturated rings. The van der Waals surface area contributed by atoms with Gasteiger partial charge in [0.25, 0.3) is 0 Å². The molecule has 2 atom stereocenters. The van der Waals surface area contributed by atoms with Crippen molar-refractivity contribution in [3.05, 3.63) is 35.6 Å². The van der Waals surface area contributed by atoms with Crippen molar-refractivity contribution in [1.29, 1.82) is 0 Å². The molecule has 0 spiro atoms. The van der Waals surface area contributed by atoms with E-state index in [4.69, 9.17) is 4.74 Å². The highest BCUT2D eigenvalue weighted by molar-refractivity contribution is 5.83. The molecule has 0 N–H and O–H groups in total. The quantitative estimate of drug-likeness (QED) is 0.775. The minimum Gasteiger partial charge on any atom is -0.465 e. The standard InChI is InChI=1S/C16H21FO2/c1-3-19-15(18)16(10-4-5-12(2)11-16)13-6-8-14(17)9-7-13/h6-9,12H,3-5,10-11H2,1-2H3/t12-,16-/m1/s1. The lowest BCUT2D eigenvalue weighted by Gasteiger charge is -2.38. The topological polar surface area (TPSA) is 26.3 Å². The van der Waals surface area contributed by atoms with Crippen molar-refractivity contribution < 1.29 is 13.9 Å². The van der Waals surface area contributed by atoms with Gasteiger partial charge >= 0.3 is 5.97 Å². The number of carbonyl (C=O) groups is 1. The van der Waals surface area contributed by atoms with E-state index in [1.54, 1.807) is 12.1 Å². The summed E-state index contributed by atoms with van der Waals surface area (Å²) in [5, 5.41) is 0. The Balaban J connectivity index is 2.38. The van der Waals surface area contributed by atoms with Crippen LogP contribution in [-0.4, -0.2) is 12.6 Å². The maximum absolute atomic E-state index is 13.1. The van der Waals surface area contributed by atoms with Crippen LogP contribution in [0.3, 0.4) is 0 Å². The predicted octanol–water partition coefficient (Wildman–Crippen LogP) is 3.84. The summed E-state index contributed by atoms with van der Waals surface area (Å²) in [4.78, 5) is 12.4. The van der Waals surface area contributed by atoms with E-state index < -0.39 is 5.41 Å². The highest BCUT2D eigenvalue weighted by Crippen LogP contribution is 2.43. The molecular formula is C16H21FO2. The molecule has 0 aliphatic heterocycles. The number of halogens is 1. The second kappa shape index (κ2) is 5.72. The Morgan fingerprint density at radius 3 is 2.68 bits per heavy atom. The zero-order chi connectivity index (χ0) is 13.9. The Kier molecular flexibility index (Phi) is 4.23. The number of benzene rings is 1. The lowest BCUT2D eigenvalue weighted by Crippen LogP contribution is -2.41. The summed E-state index contributed by atoms with van der Waals surface area (Å²) in [6, 6.07) is 6.31. The summed E-state index contributed by atoms with van der Waals surface area (Å²) in [7, 11) is 0. The summed E-state index contributed by atoms with van der Waals surface area (Å²) >= 11 is 0. The fraction of sp³-hybridized carbons (Fsp3) is 0.562. The van der Waals surface area contributed by atoms with E-state index in [0.717, 1.165) is 31.2 Å². The van der Waals surface area contributed by atoms with Crippen molar-refractivity contribution in [2.45, 2.75) is 44.9 Å².